The smallest absolute Gasteiger partial charge is 0.263 e. The van der Waals surface area contributed by atoms with E-state index in [4.69, 9.17) is 0 Å². The van der Waals surface area contributed by atoms with Gasteiger partial charge in [-0.3, -0.25) is 14.5 Å². The van der Waals surface area contributed by atoms with Gasteiger partial charge in [0.05, 0.1) is 4.90 Å². The summed E-state index contributed by atoms with van der Waals surface area (Å²) in [6.07, 6.45) is 0. The van der Waals surface area contributed by atoms with Gasteiger partial charge in [0.1, 0.15) is 12.4 Å². The lowest BCUT2D eigenvalue weighted by molar-refractivity contribution is -0.114. The summed E-state index contributed by atoms with van der Waals surface area (Å²) in [6.45, 7) is 6.19. The van der Waals surface area contributed by atoms with Gasteiger partial charge in [0, 0.05) is 11.3 Å². The second kappa shape index (κ2) is 6.57. The molecule has 1 amide bonds. The van der Waals surface area contributed by atoms with Crippen LogP contribution in [0.5, 0.6) is 0 Å². The Bertz CT molecular complexity index is 972. The highest BCUT2D eigenvalue weighted by Crippen LogP contribution is 2.24. The fourth-order valence-electron chi connectivity index (χ4n) is 2.66. The van der Waals surface area contributed by atoms with Crippen LogP contribution in [0.25, 0.3) is 0 Å². The number of hydrogen-bond donors (Lipinski definition) is 2. The number of rotatable bonds is 3. The van der Waals surface area contributed by atoms with Crippen molar-refractivity contribution >= 4 is 27.5 Å². The van der Waals surface area contributed by atoms with Crippen LogP contribution < -0.4 is 10.0 Å². The molecule has 0 aliphatic carbocycles. The van der Waals surface area contributed by atoms with Gasteiger partial charge in [-0.2, -0.15) is 0 Å². The Kier molecular flexibility index (Phi) is 4.58. The molecule has 0 bridgehead atoms. The van der Waals surface area contributed by atoms with E-state index in [1.54, 1.807) is 18.2 Å². The van der Waals surface area contributed by atoms with Crippen molar-refractivity contribution in [1.82, 2.24) is 4.72 Å². The van der Waals surface area contributed by atoms with E-state index in [0.29, 0.717) is 11.3 Å². The number of nitrogens with zero attached hydrogens (tertiary/aromatic N) is 1. The summed E-state index contributed by atoms with van der Waals surface area (Å²) in [5, 5.41) is 2.77. The predicted molar refractivity (Wildman–Crippen MR) is 102 cm³/mol. The summed E-state index contributed by atoms with van der Waals surface area (Å²) >= 11 is 0. The third-order valence-electron chi connectivity index (χ3n) is 4.08. The van der Waals surface area contributed by atoms with Crippen molar-refractivity contribution in [2.45, 2.75) is 31.1 Å². The minimum absolute atomic E-state index is 0.0432. The van der Waals surface area contributed by atoms with Crippen LogP contribution in [0.1, 0.15) is 31.9 Å². The molecule has 0 radical (unpaired) electrons. The molecule has 0 aromatic heterocycles. The minimum atomic E-state index is -3.59. The van der Waals surface area contributed by atoms with Crippen LogP contribution in [-0.2, 0) is 20.2 Å². The molecule has 1 aliphatic rings. The molecule has 2 aromatic carbocycles. The molecule has 0 spiro atoms. The summed E-state index contributed by atoms with van der Waals surface area (Å²) in [5.41, 5.74) is 2.37. The van der Waals surface area contributed by atoms with E-state index in [1.165, 1.54) is 11.6 Å². The van der Waals surface area contributed by atoms with Crippen molar-refractivity contribution in [1.29, 1.82) is 0 Å². The number of amides is 1. The van der Waals surface area contributed by atoms with Crippen molar-refractivity contribution < 1.29 is 13.2 Å². The van der Waals surface area contributed by atoms with Gasteiger partial charge in [-0.05, 0) is 35.2 Å². The minimum Gasteiger partial charge on any atom is -0.324 e. The third kappa shape index (κ3) is 3.77. The molecule has 0 fully saturated rings. The normalized spacial score (nSPS) is 16.8. The lowest BCUT2D eigenvalue weighted by Crippen LogP contribution is -2.24. The number of fused-ring (bicyclic) bond motifs is 1. The Hall–Kier alpha value is -2.67. The van der Waals surface area contributed by atoms with Crippen LogP contribution in [0.15, 0.2) is 58.4 Å². The van der Waals surface area contributed by atoms with E-state index in [-0.39, 0.29) is 28.6 Å². The van der Waals surface area contributed by atoms with Gasteiger partial charge >= 0.3 is 0 Å². The summed E-state index contributed by atoms with van der Waals surface area (Å²) in [5.74, 6) is -0.122. The van der Waals surface area contributed by atoms with E-state index in [1.807, 2.05) is 24.3 Å². The van der Waals surface area contributed by atoms with E-state index in [9.17, 15) is 13.2 Å². The lowest BCUT2D eigenvalue weighted by atomic mass is 9.87. The van der Waals surface area contributed by atoms with Gasteiger partial charge in [-0.15, -0.1) is 0 Å². The lowest BCUT2D eigenvalue weighted by Gasteiger charge is -2.19. The third-order valence-corrected chi connectivity index (χ3v) is 5.48. The summed E-state index contributed by atoms with van der Waals surface area (Å²) in [6, 6.07) is 14.2. The summed E-state index contributed by atoms with van der Waals surface area (Å²) in [4.78, 5) is 16.4. The van der Waals surface area contributed by atoms with Crippen LogP contribution in [0, 0.1) is 0 Å². The van der Waals surface area contributed by atoms with Crippen molar-refractivity contribution in [2.75, 3.05) is 11.9 Å². The molecule has 6 nitrogen and oxygen atoms in total. The number of benzene rings is 2. The molecule has 0 atom stereocenters. The second-order valence-corrected chi connectivity index (χ2v) is 8.79. The molecule has 0 unspecified atom stereocenters. The Morgan fingerprint density at radius 2 is 1.73 bits per heavy atom. The molecule has 2 aromatic rings. The zero-order valence-corrected chi connectivity index (χ0v) is 15.7. The van der Waals surface area contributed by atoms with Crippen molar-refractivity contribution in [3.63, 3.8) is 0 Å². The van der Waals surface area contributed by atoms with Crippen molar-refractivity contribution in [3.8, 4) is 0 Å². The van der Waals surface area contributed by atoms with Crippen LogP contribution >= 0.6 is 0 Å². The molecule has 2 N–H and O–H groups in total. The maximum atomic E-state index is 12.1. The standard InChI is InChI=1S/C19H21N3O3S/c1-19(2,3)13-8-10-14(11-9-13)21-17(23)12-20-18-15-6-4-5-7-16(15)26(24,25)22-18/h4-11H,12H2,1-3H3,(H,20,22)(H,21,23). The monoisotopic (exact) mass is 371 g/mol. The Labute approximate surface area is 153 Å². The summed E-state index contributed by atoms with van der Waals surface area (Å²) in [7, 11) is -3.59. The molecule has 136 valence electrons. The number of aliphatic imine (C=N–C) groups is 1. The number of nitrogens with one attached hydrogen (secondary N) is 2. The molecule has 1 aliphatic heterocycles. The van der Waals surface area contributed by atoms with E-state index in [0.717, 1.165) is 0 Å². The quantitative estimate of drug-likeness (QED) is 0.869. The first-order valence-electron chi connectivity index (χ1n) is 8.24. The first-order valence-corrected chi connectivity index (χ1v) is 9.72. The highest BCUT2D eigenvalue weighted by atomic mass is 32.2. The molecule has 26 heavy (non-hydrogen) atoms. The van der Waals surface area contributed by atoms with Gasteiger partial charge in [-0.25, -0.2) is 8.42 Å². The molecule has 0 saturated heterocycles. The van der Waals surface area contributed by atoms with Crippen molar-refractivity contribution in [3.05, 3.63) is 59.7 Å². The van der Waals surface area contributed by atoms with Crippen LogP contribution in [-0.4, -0.2) is 26.7 Å². The average Bonchev–Trinajstić information content (AvgIpc) is 2.84. The van der Waals surface area contributed by atoms with Crippen LogP contribution in [0.4, 0.5) is 5.69 Å². The highest BCUT2D eigenvalue weighted by molar-refractivity contribution is 7.90. The van der Waals surface area contributed by atoms with Gasteiger partial charge < -0.3 is 5.32 Å². The predicted octanol–water partition coefficient (Wildman–Crippen LogP) is 2.66. The molecule has 0 saturated carbocycles. The zero-order valence-electron chi connectivity index (χ0n) is 14.9. The Balaban J connectivity index is 1.69. The SMILES string of the molecule is CC(C)(C)c1ccc(NC(=O)CN=C2NS(=O)(=O)c3ccccc32)cc1. The van der Waals surface area contributed by atoms with Gasteiger partial charge in [0.25, 0.3) is 10.0 Å². The topological polar surface area (TPSA) is 87.6 Å². The second-order valence-electron chi connectivity index (χ2n) is 7.14. The Morgan fingerprint density at radius 1 is 1.08 bits per heavy atom. The molecule has 3 rings (SSSR count). The van der Waals surface area contributed by atoms with Crippen molar-refractivity contribution in [2.24, 2.45) is 4.99 Å². The number of carbonyl (C=O) groups excluding carboxylic acids is 1. The highest BCUT2D eigenvalue weighted by Gasteiger charge is 2.30. The maximum absolute atomic E-state index is 12.1. The largest absolute Gasteiger partial charge is 0.324 e. The molecular weight excluding hydrogens is 350 g/mol. The van der Waals surface area contributed by atoms with Gasteiger partial charge in [-0.1, -0.05) is 45.0 Å². The number of carbonyl (C=O) groups is 1. The number of hydrogen-bond acceptors (Lipinski definition) is 4. The maximum Gasteiger partial charge on any atom is 0.263 e. The number of sulfonamides is 1. The number of anilines is 1. The fourth-order valence-corrected chi connectivity index (χ4v) is 3.91. The Morgan fingerprint density at radius 3 is 2.38 bits per heavy atom. The van der Waals surface area contributed by atoms with Gasteiger partial charge in [0.15, 0.2) is 0 Å². The molecule has 1 heterocycles. The van der Waals surface area contributed by atoms with Crippen LogP contribution in [0.2, 0.25) is 0 Å². The average molecular weight is 371 g/mol. The van der Waals surface area contributed by atoms with E-state index >= 15 is 0 Å². The van der Waals surface area contributed by atoms with E-state index < -0.39 is 10.0 Å². The fraction of sp³-hybridized carbons (Fsp3) is 0.263. The number of amidine groups is 1. The molecular formula is C19H21N3O3S. The van der Waals surface area contributed by atoms with E-state index in [2.05, 4.69) is 35.8 Å². The van der Waals surface area contributed by atoms with Gasteiger partial charge in [0.2, 0.25) is 5.91 Å². The summed E-state index contributed by atoms with van der Waals surface area (Å²) < 4.78 is 26.4. The van der Waals surface area contributed by atoms with Crippen LogP contribution in [0.3, 0.4) is 0 Å². The first-order chi connectivity index (χ1) is 12.2. The molecule has 7 heteroatoms. The first kappa shape index (κ1) is 18.1. The zero-order chi connectivity index (χ0) is 18.9.